The number of rotatable bonds is 23. The molecule has 0 radical (unpaired) electrons. The van der Waals surface area contributed by atoms with Gasteiger partial charge in [0.25, 0.3) is 0 Å². The van der Waals surface area contributed by atoms with Crippen molar-refractivity contribution in [2.45, 2.75) is 208 Å². The Labute approximate surface area is 305 Å². The van der Waals surface area contributed by atoms with E-state index in [0.29, 0.717) is 23.9 Å². The number of allylic oxidation sites excluding steroid dienone is 4. The third-order valence-electron chi connectivity index (χ3n) is 14.9. The minimum absolute atomic E-state index is 0.0343. The number of hydrogen-bond donors (Lipinski definition) is 0. The van der Waals surface area contributed by atoms with E-state index < -0.39 is 0 Å². The zero-order valence-corrected chi connectivity index (χ0v) is 33.7. The van der Waals surface area contributed by atoms with E-state index in [1.165, 1.54) is 148 Å². The molecule has 0 amide bonds. The van der Waals surface area contributed by atoms with Gasteiger partial charge in [0.05, 0.1) is 6.61 Å². The van der Waals surface area contributed by atoms with Crippen LogP contribution in [0, 0.1) is 52.3 Å². The summed E-state index contributed by atoms with van der Waals surface area (Å²) in [5, 5.41) is 0. The monoisotopic (exact) mass is 679 g/mol. The third-order valence-corrected chi connectivity index (χ3v) is 14.9. The van der Waals surface area contributed by atoms with Gasteiger partial charge in [-0.15, -0.1) is 0 Å². The van der Waals surface area contributed by atoms with Crippen LogP contribution in [0.25, 0.3) is 0 Å². The fraction of sp³-hybridized carbons (Fsp3) is 0.894. The van der Waals surface area contributed by atoms with E-state index in [9.17, 15) is 4.79 Å². The van der Waals surface area contributed by atoms with Gasteiger partial charge in [0.2, 0.25) is 0 Å². The Morgan fingerprint density at radius 2 is 1.47 bits per heavy atom. The highest BCUT2D eigenvalue weighted by Crippen LogP contribution is 2.67. The second-order valence-corrected chi connectivity index (χ2v) is 18.7. The lowest BCUT2D eigenvalue weighted by Crippen LogP contribution is -2.50. The maximum atomic E-state index is 11.4. The van der Waals surface area contributed by atoms with Gasteiger partial charge in [-0.1, -0.05) is 135 Å². The van der Waals surface area contributed by atoms with Crippen molar-refractivity contribution in [3.8, 4) is 0 Å². The van der Waals surface area contributed by atoms with Gasteiger partial charge >= 0.3 is 5.97 Å². The van der Waals surface area contributed by atoms with E-state index >= 15 is 0 Å². The summed E-state index contributed by atoms with van der Waals surface area (Å²) in [6.45, 7) is 15.3. The maximum Gasteiger partial charge on any atom is 0.305 e. The van der Waals surface area contributed by atoms with E-state index in [4.69, 9.17) is 4.74 Å². The number of carbonyl (C=O) groups is 1. The summed E-state index contributed by atoms with van der Waals surface area (Å²) < 4.78 is 4.99. The molecule has 0 spiro atoms. The molecule has 0 aromatic carbocycles. The van der Waals surface area contributed by atoms with Crippen molar-refractivity contribution in [1.82, 2.24) is 0 Å². The Morgan fingerprint density at radius 3 is 2.16 bits per heavy atom. The molecule has 8 atom stereocenters. The van der Waals surface area contributed by atoms with Crippen LogP contribution in [0.4, 0.5) is 0 Å². The molecule has 0 aromatic rings. The zero-order valence-electron chi connectivity index (χ0n) is 33.7. The lowest BCUT2D eigenvalue weighted by atomic mass is 9.46. The van der Waals surface area contributed by atoms with Gasteiger partial charge in [0, 0.05) is 6.42 Å². The fourth-order valence-corrected chi connectivity index (χ4v) is 11.9. The minimum Gasteiger partial charge on any atom is -0.466 e. The van der Waals surface area contributed by atoms with Crippen molar-refractivity contribution in [2.75, 3.05) is 6.61 Å². The van der Waals surface area contributed by atoms with Crippen molar-refractivity contribution < 1.29 is 9.53 Å². The smallest absolute Gasteiger partial charge is 0.305 e. The lowest BCUT2D eigenvalue weighted by Gasteiger charge is -2.58. The molecular formula is C47H82O2. The van der Waals surface area contributed by atoms with Crippen molar-refractivity contribution >= 4 is 5.97 Å². The molecule has 4 aliphatic rings. The lowest BCUT2D eigenvalue weighted by molar-refractivity contribution is -0.143. The van der Waals surface area contributed by atoms with Gasteiger partial charge in [0.1, 0.15) is 0 Å². The topological polar surface area (TPSA) is 26.3 Å². The molecule has 4 aliphatic carbocycles. The molecule has 282 valence electrons. The fourth-order valence-electron chi connectivity index (χ4n) is 11.9. The molecule has 4 rings (SSSR count). The molecule has 3 saturated carbocycles. The van der Waals surface area contributed by atoms with Crippen LogP contribution in [0.2, 0.25) is 0 Å². The van der Waals surface area contributed by atoms with Crippen LogP contribution in [-0.2, 0) is 9.53 Å². The first kappa shape index (κ1) is 40.7. The molecule has 2 nitrogen and oxygen atoms in total. The molecule has 0 aromatic heterocycles. The van der Waals surface area contributed by atoms with Gasteiger partial charge in [-0.3, -0.25) is 4.79 Å². The number of esters is 1. The average Bonchev–Trinajstić information content (AvgIpc) is 3.43. The van der Waals surface area contributed by atoms with Crippen LogP contribution in [0.5, 0.6) is 0 Å². The van der Waals surface area contributed by atoms with Crippen molar-refractivity contribution in [1.29, 1.82) is 0 Å². The number of hydrogen-bond acceptors (Lipinski definition) is 2. The molecule has 0 heterocycles. The predicted molar refractivity (Wildman–Crippen MR) is 212 cm³/mol. The van der Waals surface area contributed by atoms with Gasteiger partial charge in [0.15, 0.2) is 0 Å². The highest BCUT2D eigenvalue weighted by atomic mass is 16.5. The standard InChI is InChI=1S/C47H82O2/c1-7-49-45(48)27-22-20-18-16-14-12-10-8-9-11-13-15-17-19-21-26-39-32-34-46(5)40(36-39)28-29-41-43-31-30-42(38(4)25-23-24-37(2)3)47(43,6)35-33-44(41)46/h8,10,28,37-39,41-44H,7,9,11-27,29-36H2,1-6H3/b10-8-/t38-,39?,41?,42-,43?,44?,46+,47-/m1/s1. The number of unbranched alkanes of at least 4 members (excludes halogenated alkanes) is 11. The molecule has 0 aliphatic heterocycles. The summed E-state index contributed by atoms with van der Waals surface area (Å²) >= 11 is 0. The number of fused-ring (bicyclic) bond motifs is 5. The summed E-state index contributed by atoms with van der Waals surface area (Å²) in [5.41, 5.74) is 3.04. The highest BCUT2D eigenvalue weighted by molar-refractivity contribution is 5.69. The van der Waals surface area contributed by atoms with Crippen LogP contribution in [0.1, 0.15) is 208 Å². The van der Waals surface area contributed by atoms with Gasteiger partial charge in [-0.05, 0) is 143 Å². The summed E-state index contributed by atoms with van der Waals surface area (Å²) in [6.07, 6.45) is 42.9. The minimum atomic E-state index is -0.0343. The Bertz CT molecular complexity index is 1010. The van der Waals surface area contributed by atoms with E-state index in [1.807, 2.05) is 12.5 Å². The van der Waals surface area contributed by atoms with Gasteiger partial charge < -0.3 is 4.74 Å². The summed E-state index contributed by atoms with van der Waals surface area (Å²) in [4.78, 5) is 11.4. The third kappa shape index (κ3) is 11.7. The SMILES string of the molecule is CCOC(=O)CCCCCCC/C=C\CCCCCCCCC1CC[C@@]2(C)C(=CCC3C2CC[C@@]2(C)C3CC[C@@H]2[C@H](C)CCCC(C)C)C1. The van der Waals surface area contributed by atoms with Crippen molar-refractivity contribution in [2.24, 2.45) is 52.3 Å². The van der Waals surface area contributed by atoms with Crippen LogP contribution in [-0.4, -0.2) is 12.6 Å². The van der Waals surface area contributed by atoms with E-state index in [1.54, 1.807) is 0 Å². The Kier molecular flexibility index (Phi) is 17.3. The summed E-state index contributed by atoms with van der Waals surface area (Å²) in [6, 6.07) is 0. The largest absolute Gasteiger partial charge is 0.466 e. The molecule has 2 heteroatoms. The number of ether oxygens (including phenoxy) is 1. The van der Waals surface area contributed by atoms with E-state index in [-0.39, 0.29) is 5.97 Å². The van der Waals surface area contributed by atoms with Gasteiger partial charge in [-0.25, -0.2) is 0 Å². The molecule has 4 unspecified atom stereocenters. The van der Waals surface area contributed by atoms with Crippen LogP contribution < -0.4 is 0 Å². The number of carbonyl (C=O) groups excluding carboxylic acids is 1. The molecular weight excluding hydrogens is 597 g/mol. The highest BCUT2D eigenvalue weighted by Gasteiger charge is 2.59. The summed E-state index contributed by atoms with van der Waals surface area (Å²) in [7, 11) is 0. The first-order valence-corrected chi connectivity index (χ1v) is 22.2. The second-order valence-electron chi connectivity index (χ2n) is 18.7. The first-order chi connectivity index (χ1) is 23.7. The molecule has 0 N–H and O–H groups in total. The predicted octanol–water partition coefficient (Wildman–Crippen LogP) is 14.6. The van der Waals surface area contributed by atoms with Crippen molar-refractivity contribution in [3.05, 3.63) is 23.8 Å². The molecule has 0 bridgehead atoms. The normalized spacial score (nSPS) is 31.7. The molecule has 3 fully saturated rings. The quantitative estimate of drug-likeness (QED) is 0.0611. The average molecular weight is 679 g/mol. The first-order valence-electron chi connectivity index (χ1n) is 22.2. The molecule has 49 heavy (non-hydrogen) atoms. The van der Waals surface area contributed by atoms with Crippen molar-refractivity contribution in [3.63, 3.8) is 0 Å². The van der Waals surface area contributed by atoms with E-state index in [0.717, 1.165) is 54.3 Å². The van der Waals surface area contributed by atoms with Crippen LogP contribution in [0.3, 0.4) is 0 Å². The van der Waals surface area contributed by atoms with Crippen LogP contribution >= 0.6 is 0 Å². The zero-order chi connectivity index (χ0) is 35.1. The molecule has 0 saturated heterocycles. The van der Waals surface area contributed by atoms with E-state index in [2.05, 4.69) is 52.8 Å². The van der Waals surface area contributed by atoms with Crippen LogP contribution in [0.15, 0.2) is 23.8 Å². The van der Waals surface area contributed by atoms with Gasteiger partial charge in [-0.2, -0.15) is 0 Å². The Balaban J connectivity index is 1.05. The summed E-state index contributed by atoms with van der Waals surface area (Å²) in [5.74, 6) is 6.61. The Morgan fingerprint density at radius 1 is 0.796 bits per heavy atom. The Hall–Kier alpha value is -1.05. The maximum absolute atomic E-state index is 11.4. The second kappa shape index (κ2) is 20.9.